The number of aromatic nitrogens is 3. The summed E-state index contributed by atoms with van der Waals surface area (Å²) < 4.78 is 27.1. The topological polar surface area (TPSA) is 47.3 Å². The van der Waals surface area contributed by atoms with E-state index >= 15 is 0 Å². The Hall–Kier alpha value is -2.08. The molecule has 3 rings (SSSR count). The smallest absolute Gasteiger partial charge is 0.172 e. The largest absolute Gasteiger partial charge is 0.249 e. The van der Waals surface area contributed by atoms with Crippen LogP contribution in [-0.2, 0) is 10.8 Å². The Morgan fingerprint density at radius 2 is 1.90 bits per heavy atom. The van der Waals surface area contributed by atoms with Crippen molar-refractivity contribution in [3.63, 3.8) is 0 Å². The van der Waals surface area contributed by atoms with E-state index in [0.717, 1.165) is 11.4 Å². The van der Waals surface area contributed by atoms with Gasteiger partial charge in [-0.1, -0.05) is 0 Å². The van der Waals surface area contributed by atoms with Crippen LogP contribution in [0.4, 0.5) is 4.39 Å². The van der Waals surface area contributed by atoms with Gasteiger partial charge < -0.3 is 0 Å². The third-order valence-corrected chi connectivity index (χ3v) is 4.36. The summed E-state index contributed by atoms with van der Waals surface area (Å²) in [4.78, 5) is 5.45. The minimum absolute atomic E-state index is 0.351. The molecule has 0 saturated heterocycles. The summed E-state index contributed by atoms with van der Waals surface area (Å²) in [5, 5.41) is 4.21. The number of nitrogens with zero attached hydrogens (tertiary/aromatic N) is 3. The first-order valence-electron chi connectivity index (χ1n) is 6.05. The molecule has 0 N–H and O–H groups in total. The summed E-state index contributed by atoms with van der Waals surface area (Å²) in [7, 11) is -1.43. The van der Waals surface area contributed by atoms with Gasteiger partial charge in [-0.2, -0.15) is 5.10 Å². The Morgan fingerprint density at radius 1 is 1.20 bits per heavy atom. The van der Waals surface area contributed by atoms with Gasteiger partial charge in [0.25, 0.3) is 0 Å². The van der Waals surface area contributed by atoms with E-state index in [-0.39, 0.29) is 5.82 Å². The van der Waals surface area contributed by atoms with Crippen LogP contribution >= 0.6 is 0 Å². The standard InChI is InChI=1S/C14H12FN3OS/c1-9-7-10(2)18-14(17-9)13(8-16-18)20(19)12-5-3-11(15)4-6-12/h3-8H,1-2H3. The van der Waals surface area contributed by atoms with E-state index in [1.165, 1.54) is 24.3 Å². The first-order chi connectivity index (χ1) is 9.56. The van der Waals surface area contributed by atoms with Gasteiger partial charge in [-0.05, 0) is 44.2 Å². The lowest BCUT2D eigenvalue weighted by Crippen LogP contribution is -1.99. The van der Waals surface area contributed by atoms with Crippen molar-refractivity contribution in [2.75, 3.05) is 0 Å². The highest BCUT2D eigenvalue weighted by molar-refractivity contribution is 7.85. The number of fused-ring (bicyclic) bond motifs is 1. The van der Waals surface area contributed by atoms with E-state index in [2.05, 4.69) is 10.1 Å². The lowest BCUT2D eigenvalue weighted by molar-refractivity contribution is 0.626. The second kappa shape index (κ2) is 4.79. The van der Waals surface area contributed by atoms with Gasteiger partial charge >= 0.3 is 0 Å². The number of rotatable bonds is 2. The van der Waals surface area contributed by atoms with Gasteiger partial charge in [0.1, 0.15) is 10.7 Å². The van der Waals surface area contributed by atoms with Crippen LogP contribution in [0.3, 0.4) is 0 Å². The van der Waals surface area contributed by atoms with Crippen molar-refractivity contribution in [1.82, 2.24) is 14.6 Å². The normalized spacial score (nSPS) is 12.8. The second-order valence-corrected chi connectivity index (χ2v) is 5.95. The Kier molecular flexibility index (Phi) is 3.10. The van der Waals surface area contributed by atoms with Gasteiger partial charge in [0, 0.05) is 16.3 Å². The van der Waals surface area contributed by atoms with E-state index in [9.17, 15) is 8.60 Å². The zero-order valence-electron chi connectivity index (χ0n) is 11.0. The van der Waals surface area contributed by atoms with Crippen LogP contribution in [-0.4, -0.2) is 18.8 Å². The fourth-order valence-electron chi connectivity index (χ4n) is 2.07. The average Bonchev–Trinajstić information content (AvgIpc) is 2.82. The van der Waals surface area contributed by atoms with Crippen LogP contribution < -0.4 is 0 Å². The van der Waals surface area contributed by atoms with E-state index in [4.69, 9.17) is 0 Å². The number of hydrogen-bond donors (Lipinski definition) is 0. The van der Waals surface area contributed by atoms with Gasteiger partial charge in [0.15, 0.2) is 5.65 Å². The minimum Gasteiger partial charge on any atom is -0.249 e. The summed E-state index contributed by atoms with van der Waals surface area (Å²) in [6.07, 6.45) is 1.55. The molecule has 4 nitrogen and oxygen atoms in total. The maximum absolute atomic E-state index is 12.9. The van der Waals surface area contributed by atoms with Crippen LogP contribution in [0, 0.1) is 19.7 Å². The Morgan fingerprint density at radius 3 is 2.60 bits per heavy atom. The molecule has 2 heterocycles. The SMILES string of the molecule is Cc1cc(C)n2ncc(S(=O)c3ccc(F)cc3)c2n1. The molecule has 0 bridgehead atoms. The summed E-state index contributed by atoms with van der Waals surface area (Å²) >= 11 is 0. The fourth-order valence-corrected chi connectivity index (χ4v) is 3.14. The van der Waals surface area contributed by atoms with Crippen LogP contribution in [0.15, 0.2) is 46.3 Å². The summed E-state index contributed by atoms with van der Waals surface area (Å²) in [5.74, 6) is -0.351. The maximum atomic E-state index is 12.9. The molecular weight excluding hydrogens is 277 g/mol. The molecule has 0 aliphatic rings. The average molecular weight is 289 g/mol. The molecule has 0 spiro atoms. The Bertz CT molecular complexity index is 811. The van der Waals surface area contributed by atoms with Crippen molar-refractivity contribution >= 4 is 16.4 Å². The van der Waals surface area contributed by atoms with Crippen LogP contribution in [0.25, 0.3) is 5.65 Å². The molecule has 2 aromatic heterocycles. The second-order valence-electron chi connectivity index (χ2n) is 4.51. The number of aryl methyl sites for hydroxylation is 2. The molecule has 1 unspecified atom stereocenters. The first-order valence-corrected chi connectivity index (χ1v) is 7.20. The summed E-state index contributed by atoms with van der Waals surface area (Å²) in [6, 6.07) is 7.52. The molecular formula is C14H12FN3OS. The Balaban J connectivity index is 2.15. The molecule has 6 heteroatoms. The van der Waals surface area contributed by atoms with Gasteiger partial charge in [-0.15, -0.1) is 0 Å². The molecule has 0 fully saturated rings. The maximum Gasteiger partial charge on any atom is 0.172 e. The van der Waals surface area contributed by atoms with Crippen LogP contribution in [0.5, 0.6) is 0 Å². The predicted molar refractivity (Wildman–Crippen MR) is 73.5 cm³/mol. The zero-order valence-corrected chi connectivity index (χ0v) is 11.8. The van der Waals surface area contributed by atoms with Crippen LogP contribution in [0.1, 0.15) is 11.4 Å². The number of benzene rings is 1. The molecule has 0 radical (unpaired) electrons. The summed E-state index contributed by atoms with van der Waals surface area (Å²) in [6.45, 7) is 3.80. The van der Waals surface area contributed by atoms with Crippen molar-refractivity contribution in [2.45, 2.75) is 23.6 Å². The molecule has 0 aliphatic heterocycles. The van der Waals surface area contributed by atoms with Crippen molar-refractivity contribution < 1.29 is 8.60 Å². The summed E-state index contributed by atoms with van der Waals surface area (Å²) in [5.41, 5.74) is 2.34. The van der Waals surface area contributed by atoms with Gasteiger partial charge in [-0.25, -0.2) is 18.1 Å². The van der Waals surface area contributed by atoms with Crippen molar-refractivity contribution in [3.8, 4) is 0 Å². The fraction of sp³-hybridized carbons (Fsp3) is 0.143. The Labute approximate surface area is 117 Å². The van der Waals surface area contributed by atoms with E-state index in [1.807, 2.05) is 19.9 Å². The van der Waals surface area contributed by atoms with Gasteiger partial charge in [-0.3, -0.25) is 0 Å². The van der Waals surface area contributed by atoms with Crippen molar-refractivity contribution in [1.29, 1.82) is 0 Å². The molecule has 3 aromatic rings. The number of hydrogen-bond acceptors (Lipinski definition) is 3. The third kappa shape index (κ3) is 2.12. The zero-order chi connectivity index (χ0) is 14.3. The molecule has 0 amide bonds. The molecule has 1 atom stereocenters. The third-order valence-electron chi connectivity index (χ3n) is 2.97. The molecule has 1 aromatic carbocycles. The van der Waals surface area contributed by atoms with Gasteiger partial charge in [0.2, 0.25) is 0 Å². The lowest BCUT2D eigenvalue weighted by Gasteiger charge is -2.03. The molecule has 102 valence electrons. The van der Waals surface area contributed by atoms with Gasteiger partial charge in [0.05, 0.1) is 17.0 Å². The highest BCUT2D eigenvalue weighted by Crippen LogP contribution is 2.21. The predicted octanol–water partition coefficient (Wildman–Crippen LogP) is 2.65. The quantitative estimate of drug-likeness (QED) is 0.728. The number of halogens is 1. The van der Waals surface area contributed by atoms with E-state index in [1.54, 1.807) is 10.7 Å². The highest BCUT2D eigenvalue weighted by Gasteiger charge is 2.15. The minimum atomic E-state index is -1.43. The molecule has 20 heavy (non-hydrogen) atoms. The van der Waals surface area contributed by atoms with Crippen molar-refractivity contribution in [3.05, 3.63) is 53.7 Å². The van der Waals surface area contributed by atoms with E-state index in [0.29, 0.717) is 15.4 Å². The first kappa shape index (κ1) is 12.9. The highest BCUT2D eigenvalue weighted by atomic mass is 32.2. The monoisotopic (exact) mass is 289 g/mol. The van der Waals surface area contributed by atoms with Crippen molar-refractivity contribution in [2.24, 2.45) is 0 Å². The molecule has 0 aliphatic carbocycles. The molecule has 0 saturated carbocycles. The van der Waals surface area contributed by atoms with E-state index < -0.39 is 10.8 Å². The lowest BCUT2D eigenvalue weighted by atomic mass is 10.3. The van der Waals surface area contributed by atoms with Crippen LogP contribution in [0.2, 0.25) is 0 Å².